The zero-order valence-electron chi connectivity index (χ0n) is 11.6. The van der Waals surface area contributed by atoms with E-state index in [1.54, 1.807) is 0 Å². The third-order valence-corrected chi connectivity index (χ3v) is 4.14. The highest BCUT2D eigenvalue weighted by atomic mass is 16.4. The Bertz CT molecular complexity index is 630. The van der Waals surface area contributed by atoms with Gasteiger partial charge in [-0.15, -0.1) is 0 Å². The van der Waals surface area contributed by atoms with E-state index in [-0.39, 0.29) is 0 Å². The van der Waals surface area contributed by atoms with Crippen LogP contribution in [0.5, 0.6) is 0 Å². The van der Waals surface area contributed by atoms with E-state index in [9.17, 15) is 10.0 Å². The van der Waals surface area contributed by atoms with E-state index in [1.165, 1.54) is 16.5 Å². The molecule has 18 heavy (non-hydrogen) atoms. The Morgan fingerprint density at radius 2 is 1.39 bits per heavy atom. The molecule has 0 atom stereocenters. The van der Waals surface area contributed by atoms with Crippen LogP contribution in [0.15, 0.2) is 12.1 Å². The molecule has 0 spiro atoms. The second kappa shape index (κ2) is 4.41. The lowest BCUT2D eigenvalue weighted by Gasteiger charge is -2.18. The lowest BCUT2D eigenvalue weighted by atomic mass is 9.71. The van der Waals surface area contributed by atoms with Crippen molar-refractivity contribution in [3.63, 3.8) is 0 Å². The van der Waals surface area contributed by atoms with Gasteiger partial charge in [0.1, 0.15) is 0 Å². The van der Waals surface area contributed by atoms with Crippen molar-refractivity contribution < 1.29 is 10.0 Å². The average molecular weight is 242 g/mol. The number of rotatable bonds is 1. The molecule has 0 aliphatic heterocycles. The fraction of sp³-hybridized carbons (Fsp3) is 0.333. The molecule has 0 amide bonds. The predicted octanol–water partition coefficient (Wildman–Crippen LogP) is 2.06. The molecule has 2 aromatic carbocycles. The van der Waals surface area contributed by atoms with Crippen molar-refractivity contribution in [2.75, 3.05) is 0 Å². The first-order chi connectivity index (χ1) is 8.36. The Kier molecular flexibility index (Phi) is 3.22. The van der Waals surface area contributed by atoms with Crippen molar-refractivity contribution in [1.82, 2.24) is 0 Å². The molecule has 0 unspecified atom stereocenters. The van der Waals surface area contributed by atoms with Crippen LogP contribution >= 0.6 is 0 Å². The number of aryl methyl sites for hydroxylation is 4. The molecule has 0 saturated carbocycles. The smallest absolute Gasteiger partial charge is 0.423 e. The number of hydrogen-bond donors (Lipinski definition) is 2. The zero-order valence-corrected chi connectivity index (χ0v) is 11.6. The van der Waals surface area contributed by atoms with Gasteiger partial charge in [-0.1, -0.05) is 12.1 Å². The van der Waals surface area contributed by atoms with Crippen molar-refractivity contribution in [3.8, 4) is 0 Å². The van der Waals surface area contributed by atoms with Crippen molar-refractivity contribution >= 4 is 23.4 Å². The van der Waals surface area contributed by atoms with Gasteiger partial charge in [-0.25, -0.2) is 0 Å². The summed E-state index contributed by atoms with van der Waals surface area (Å²) in [6, 6.07) is 4.16. The van der Waals surface area contributed by atoms with E-state index in [1.807, 2.05) is 13.8 Å². The van der Waals surface area contributed by atoms with Gasteiger partial charge in [-0.2, -0.15) is 0 Å². The molecule has 2 aromatic rings. The van der Waals surface area contributed by atoms with E-state index >= 15 is 0 Å². The Labute approximate surface area is 108 Å². The van der Waals surface area contributed by atoms with Gasteiger partial charge in [0.15, 0.2) is 0 Å². The van der Waals surface area contributed by atoms with Crippen molar-refractivity contribution in [1.29, 1.82) is 0 Å². The molecule has 2 N–H and O–H groups in total. The Morgan fingerprint density at radius 3 is 1.94 bits per heavy atom. The van der Waals surface area contributed by atoms with Crippen LogP contribution in [0, 0.1) is 34.6 Å². The van der Waals surface area contributed by atoms with Crippen LogP contribution in [0.3, 0.4) is 0 Å². The second-order valence-electron chi connectivity index (χ2n) is 5.09. The maximum atomic E-state index is 9.55. The molecule has 2 nitrogen and oxygen atoms in total. The van der Waals surface area contributed by atoms with Crippen LogP contribution in [-0.2, 0) is 0 Å². The molecule has 0 aliphatic rings. The number of benzene rings is 2. The SMILES string of the molecule is Cc1ccc2c(C)c(B(O)O)c(C)c(C)c2c1C. The molecule has 0 saturated heterocycles. The van der Waals surface area contributed by atoms with Gasteiger partial charge in [0.05, 0.1) is 0 Å². The summed E-state index contributed by atoms with van der Waals surface area (Å²) >= 11 is 0. The second-order valence-corrected chi connectivity index (χ2v) is 5.09. The molecule has 0 radical (unpaired) electrons. The lowest BCUT2D eigenvalue weighted by Crippen LogP contribution is -2.35. The van der Waals surface area contributed by atoms with Crippen LogP contribution < -0.4 is 5.46 Å². The highest BCUT2D eigenvalue weighted by molar-refractivity contribution is 6.60. The highest BCUT2D eigenvalue weighted by Gasteiger charge is 2.21. The summed E-state index contributed by atoms with van der Waals surface area (Å²) in [7, 11) is -1.41. The standard InChI is InChI=1S/C15H19BO2/c1-8-6-7-13-12(5)15(16(17)18)11(4)10(3)14(13)9(8)2/h6-7,17-18H,1-5H3. The average Bonchev–Trinajstić information content (AvgIpc) is 2.29. The monoisotopic (exact) mass is 242 g/mol. The molecule has 0 heterocycles. The molecule has 0 bridgehead atoms. The zero-order chi connectivity index (χ0) is 13.6. The molecule has 0 fully saturated rings. The minimum atomic E-state index is -1.41. The van der Waals surface area contributed by atoms with Gasteiger partial charge < -0.3 is 10.0 Å². The normalized spacial score (nSPS) is 11.1. The van der Waals surface area contributed by atoms with Gasteiger partial charge in [0, 0.05) is 0 Å². The molecule has 2 rings (SSSR count). The van der Waals surface area contributed by atoms with Crippen LogP contribution in [0.4, 0.5) is 0 Å². The van der Waals surface area contributed by atoms with Gasteiger partial charge in [-0.05, 0) is 78.7 Å². The van der Waals surface area contributed by atoms with E-state index in [4.69, 9.17) is 0 Å². The van der Waals surface area contributed by atoms with Crippen molar-refractivity contribution in [2.24, 2.45) is 0 Å². The largest absolute Gasteiger partial charge is 0.488 e. The number of hydrogen-bond acceptors (Lipinski definition) is 2. The maximum absolute atomic E-state index is 9.55. The summed E-state index contributed by atoms with van der Waals surface area (Å²) in [5, 5.41) is 21.5. The maximum Gasteiger partial charge on any atom is 0.488 e. The van der Waals surface area contributed by atoms with Gasteiger partial charge in [-0.3, -0.25) is 0 Å². The molecule has 0 aromatic heterocycles. The summed E-state index contributed by atoms with van der Waals surface area (Å²) in [6.45, 7) is 10.2. The van der Waals surface area contributed by atoms with E-state index in [2.05, 4.69) is 32.9 Å². The summed E-state index contributed by atoms with van der Waals surface area (Å²) in [6.07, 6.45) is 0. The first-order valence-electron chi connectivity index (χ1n) is 6.22. The highest BCUT2D eigenvalue weighted by Crippen LogP contribution is 2.28. The van der Waals surface area contributed by atoms with Crippen LogP contribution in [0.1, 0.15) is 27.8 Å². The van der Waals surface area contributed by atoms with E-state index in [0.29, 0.717) is 5.46 Å². The molecule has 3 heteroatoms. The molecule has 0 aliphatic carbocycles. The first-order valence-corrected chi connectivity index (χ1v) is 6.22. The fourth-order valence-electron chi connectivity index (χ4n) is 2.81. The summed E-state index contributed by atoms with van der Waals surface area (Å²) in [5.41, 5.74) is 6.26. The third kappa shape index (κ3) is 1.75. The fourth-order valence-corrected chi connectivity index (χ4v) is 2.81. The lowest BCUT2D eigenvalue weighted by molar-refractivity contribution is 0.425. The van der Waals surface area contributed by atoms with Gasteiger partial charge >= 0.3 is 7.12 Å². The minimum absolute atomic E-state index is 0.642. The first kappa shape index (κ1) is 13.1. The van der Waals surface area contributed by atoms with Crippen molar-refractivity contribution in [3.05, 3.63) is 39.9 Å². The minimum Gasteiger partial charge on any atom is -0.423 e. The van der Waals surface area contributed by atoms with Gasteiger partial charge in [0.2, 0.25) is 0 Å². The number of fused-ring (bicyclic) bond motifs is 1. The summed E-state index contributed by atoms with van der Waals surface area (Å²) < 4.78 is 0. The van der Waals surface area contributed by atoms with Crippen LogP contribution in [0.25, 0.3) is 10.8 Å². The Hall–Kier alpha value is -1.32. The van der Waals surface area contributed by atoms with E-state index < -0.39 is 7.12 Å². The quantitative estimate of drug-likeness (QED) is 0.751. The van der Waals surface area contributed by atoms with Crippen molar-refractivity contribution in [2.45, 2.75) is 34.6 Å². The summed E-state index contributed by atoms with van der Waals surface area (Å²) in [4.78, 5) is 0. The molecular formula is C15H19BO2. The Morgan fingerprint density at radius 1 is 0.778 bits per heavy atom. The molecule has 94 valence electrons. The van der Waals surface area contributed by atoms with Crippen LogP contribution in [0.2, 0.25) is 0 Å². The third-order valence-electron chi connectivity index (χ3n) is 4.14. The van der Waals surface area contributed by atoms with Gasteiger partial charge in [0.25, 0.3) is 0 Å². The Balaban J connectivity index is 3.03. The predicted molar refractivity (Wildman–Crippen MR) is 77.5 cm³/mol. The molecular weight excluding hydrogens is 223 g/mol. The van der Waals surface area contributed by atoms with E-state index in [0.717, 1.165) is 22.1 Å². The summed E-state index contributed by atoms with van der Waals surface area (Å²) in [5.74, 6) is 0. The van der Waals surface area contributed by atoms with Crippen LogP contribution in [-0.4, -0.2) is 17.2 Å². The topological polar surface area (TPSA) is 40.5 Å².